The van der Waals surface area contributed by atoms with E-state index >= 15 is 0 Å². The number of benzene rings is 1. The van der Waals surface area contributed by atoms with Gasteiger partial charge in [0.05, 0.1) is 11.9 Å². The first-order chi connectivity index (χ1) is 13.2. The Morgan fingerprint density at radius 2 is 2.00 bits per heavy atom. The van der Waals surface area contributed by atoms with E-state index in [4.69, 9.17) is 9.26 Å². The van der Waals surface area contributed by atoms with Crippen LogP contribution in [-0.2, 0) is 13.7 Å². The van der Waals surface area contributed by atoms with Crippen molar-refractivity contribution in [2.45, 2.75) is 13.5 Å². The molecule has 0 fully saturated rings. The summed E-state index contributed by atoms with van der Waals surface area (Å²) in [6.07, 6.45) is 1.66. The summed E-state index contributed by atoms with van der Waals surface area (Å²) in [5.74, 6) is 1.63. The Kier molecular flexibility index (Phi) is 3.35. The Bertz CT molecular complexity index is 1270. The average Bonchev–Trinajstić information content (AvgIpc) is 3.39. The third-order valence-corrected chi connectivity index (χ3v) is 4.25. The Labute approximate surface area is 152 Å². The molecule has 134 valence electrons. The molecule has 0 aliphatic rings. The van der Waals surface area contributed by atoms with Gasteiger partial charge in [-0.05, 0) is 13.0 Å². The van der Waals surface area contributed by atoms with Crippen LogP contribution in [0.15, 0.2) is 41.1 Å². The molecule has 4 aromatic heterocycles. The number of ether oxygens (including phenoxy) is 1. The number of hydrogen-bond donors (Lipinski definition) is 0. The van der Waals surface area contributed by atoms with Crippen LogP contribution < -0.4 is 4.74 Å². The zero-order chi connectivity index (χ0) is 18.4. The van der Waals surface area contributed by atoms with Gasteiger partial charge in [0.1, 0.15) is 12.4 Å². The highest BCUT2D eigenvalue weighted by Gasteiger charge is 2.18. The monoisotopic (exact) mass is 362 g/mol. The molecule has 0 N–H and O–H groups in total. The van der Waals surface area contributed by atoms with Crippen LogP contribution in [0.25, 0.3) is 27.9 Å². The molecule has 0 amide bonds. The molecule has 10 heteroatoms. The van der Waals surface area contributed by atoms with E-state index in [0.29, 0.717) is 28.8 Å². The van der Waals surface area contributed by atoms with Gasteiger partial charge >= 0.3 is 0 Å². The van der Waals surface area contributed by atoms with Crippen molar-refractivity contribution in [2.24, 2.45) is 7.05 Å². The van der Waals surface area contributed by atoms with Gasteiger partial charge in [0, 0.05) is 23.9 Å². The van der Waals surface area contributed by atoms with Crippen LogP contribution in [0.2, 0.25) is 0 Å². The molecule has 0 saturated carbocycles. The molecular formula is C17H14N8O2. The van der Waals surface area contributed by atoms with Gasteiger partial charge in [-0.2, -0.15) is 4.52 Å². The summed E-state index contributed by atoms with van der Waals surface area (Å²) in [7, 11) is 1.81. The molecule has 5 rings (SSSR count). The second-order valence-corrected chi connectivity index (χ2v) is 6.07. The first-order valence-electron chi connectivity index (χ1n) is 8.25. The zero-order valence-electron chi connectivity index (χ0n) is 14.6. The maximum atomic E-state index is 5.99. The number of fused-ring (bicyclic) bond motifs is 3. The van der Waals surface area contributed by atoms with Crippen LogP contribution in [0.1, 0.15) is 11.5 Å². The first-order valence-corrected chi connectivity index (χ1v) is 8.25. The van der Waals surface area contributed by atoms with Crippen molar-refractivity contribution in [3.05, 3.63) is 48.0 Å². The van der Waals surface area contributed by atoms with Crippen LogP contribution in [-0.4, -0.2) is 40.0 Å². The summed E-state index contributed by atoms with van der Waals surface area (Å²) < 4.78 is 14.4. The highest BCUT2D eigenvalue weighted by atomic mass is 16.5. The number of aryl methyl sites for hydroxylation is 2. The van der Waals surface area contributed by atoms with E-state index in [2.05, 4.69) is 30.8 Å². The van der Waals surface area contributed by atoms with E-state index in [-0.39, 0.29) is 6.61 Å². The average molecular weight is 362 g/mol. The fourth-order valence-electron chi connectivity index (χ4n) is 2.87. The quantitative estimate of drug-likeness (QED) is 0.477. The van der Waals surface area contributed by atoms with Crippen molar-refractivity contribution in [2.75, 3.05) is 0 Å². The maximum Gasteiger partial charge on any atom is 0.240 e. The van der Waals surface area contributed by atoms with Gasteiger partial charge in [-0.1, -0.05) is 28.6 Å². The maximum absolute atomic E-state index is 5.99. The van der Waals surface area contributed by atoms with Crippen LogP contribution in [0.3, 0.4) is 0 Å². The van der Waals surface area contributed by atoms with Crippen molar-refractivity contribution in [1.82, 2.24) is 40.0 Å². The van der Waals surface area contributed by atoms with Crippen LogP contribution in [0.5, 0.6) is 5.88 Å². The SMILES string of the molecule is Cc1cc(-c2nnc3c4ccccc4c(OCc4cnnn4C)nn23)no1. The molecule has 0 atom stereocenters. The van der Waals surface area contributed by atoms with Gasteiger partial charge in [0.2, 0.25) is 11.7 Å². The summed E-state index contributed by atoms with van der Waals surface area (Å²) in [5, 5.41) is 26.7. The Hall–Kier alpha value is -3.82. The van der Waals surface area contributed by atoms with Gasteiger partial charge in [-0.25, -0.2) is 4.68 Å². The number of aromatic nitrogens is 8. The summed E-state index contributed by atoms with van der Waals surface area (Å²) >= 11 is 0. The van der Waals surface area contributed by atoms with Crippen molar-refractivity contribution in [3.8, 4) is 17.4 Å². The Balaban J connectivity index is 1.67. The molecule has 0 aliphatic carbocycles. The Morgan fingerprint density at radius 3 is 2.74 bits per heavy atom. The first kappa shape index (κ1) is 15.4. The number of rotatable bonds is 4. The topological polar surface area (TPSA) is 109 Å². The van der Waals surface area contributed by atoms with E-state index in [0.717, 1.165) is 16.5 Å². The fraction of sp³-hybridized carbons (Fsp3) is 0.176. The molecule has 4 heterocycles. The third-order valence-electron chi connectivity index (χ3n) is 4.25. The summed E-state index contributed by atoms with van der Waals surface area (Å²) in [4.78, 5) is 0. The van der Waals surface area contributed by atoms with E-state index in [1.54, 1.807) is 21.5 Å². The molecule has 0 spiro atoms. The molecule has 10 nitrogen and oxygen atoms in total. The predicted molar refractivity (Wildman–Crippen MR) is 93.9 cm³/mol. The predicted octanol–water partition coefficient (Wildman–Crippen LogP) is 1.95. The largest absolute Gasteiger partial charge is 0.470 e. The molecule has 0 unspecified atom stereocenters. The van der Waals surface area contributed by atoms with Gasteiger partial charge < -0.3 is 9.26 Å². The standard InChI is InChI=1S/C17H14N8O2/c1-10-7-14(22-27-10)16-20-19-15-12-5-3-4-6-13(12)17(21-25(15)16)26-9-11-8-18-23-24(11)2/h3-8H,9H2,1-2H3. The highest BCUT2D eigenvalue weighted by Crippen LogP contribution is 2.29. The summed E-state index contributed by atoms with van der Waals surface area (Å²) in [5.41, 5.74) is 2.01. The van der Waals surface area contributed by atoms with Crippen molar-refractivity contribution < 1.29 is 9.26 Å². The lowest BCUT2D eigenvalue weighted by atomic mass is 10.2. The number of hydrogen-bond acceptors (Lipinski definition) is 8. The minimum Gasteiger partial charge on any atom is -0.470 e. The van der Waals surface area contributed by atoms with Gasteiger partial charge in [0.15, 0.2) is 11.3 Å². The van der Waals surface area contributed by atoms with Gasteiger partial charge in [-0.3, -0.25) is 0 Å². The molecule has 5 aromatic rings. The van der Waals surface area contributed by atoms with E-state index < -0.39 is 0 Å². The minimum absolute atomic E-state index is 0.284. The lowest BCUT2D eigenvalue weighted by molar-refractivity contribution is 0.283. The second-order valence-electron chi connectivity index (χ2n) is 6.07. The lowest BCUT2D eigenvalue weighted by Gasteiger charge is -2.09. The molecule has 0 saturated heterocycles. The van der Waals surface area contributed by atoms with Crippen LogP contribution in [0, 0.1) is 6.92 Å². The van der Waals surface area contributed by atoms with Crippen LogP contribution in [0.4, 0.5) is 0 Å². The number of nitrogens with zero attached hydrogens (tertiary/aromatic N) is 8. The smallest absolute Gasteiger partial charge is 0.240 e. The van der Waals surface area contributed by atoms with Crippen molar-refractivity contribution >= 4 is 16.4 Å². The zero-order valence-corrected chi connectivity index (χ0v) is 14.6. The molecule has 0 aliphatic heterocycles. The third kappa shape index (κ3) is 2.49. The van der Waals surface area contributed by atoms with E-state index in [1.807, 2.05) is 38.2 Å². The molecule has 0 bridgehead atoms. The molecule has 1 aromatic carbocycles. The van der Waals surface area contributed by atoms with Gasteiger partial charge in [0.25, 0.3) is 0 Å². The summed E-state index contributed by atoms with van der Waals surface area (Å²) in [6, 6.07) is 9.54. The van der Waals surface area contributed by atoms with Gasteiger partial charge in [-0.15, -0.1) is 20.4 Å². The fourth-order valence-corrected chi connectivity index (χ4v) is 2.87. The molecule has 0 radical (unpaired) electrons. The van der Waals surface area contributed by atoms with E-state index in [1.165, 1.54) is 0 Å². The molecular weight excluding hydrogens is 348 g/mol. The normalized spacial score (nSPS) is 11.5. The van der Waals surface area contributed by atoms with Crippen molar-refractivity contribution in [3.63, 3.8) is 0 Å². The van der Waals surface area contributed by atoms with Crippen molar-refractivity contribution in [1.29, 1.82) is 0 Å². The lowest BCUT2D eigenvalue weighted by Crippen LogP contribution is -2.06. The highest BCUT2D eigenvalue weighted by molar-refractivity contribution is 5.96. The second kappa shape index (κ2) is 5.87. The summed E-state index contributed by atoms with van der Waals surface area (Å²) in [6.45, 7) is 2.10. The minimum atomic E-state index is 0.284. The van der Waals surface area contributed by atoms with E-state index in [9.17, 15) is 0 Å². The molecule has 27 heavy (non-hydrogen) atoms. The Morgan fingerprint density at radius 1 is 1.15 bits per heavy atom. The van der Waals surface area contributed by atoms with Crippen LogP contribution >= 0.6 is 0 Å².